The lowest BCUT2D eigenvalue weighted by atomic mass is 10.0. The van der Waals surface area contributed by atoms with Crippen LogP contribution in [-0.2, 0) is 18.3 Å². The van der Waals surface area contributed by atoms with Crippen LogP contribution in [0.1, 0.15) is 22.3 Å². The first kappa shape index (κ1) is 27.9. The van der Waals surface area contributed by atoms with Crippen molar-refractivity contribution in [1.82, 2.24) is 14.4 Å². The molecule has 9 nitrogen and oxygen atoms in total. The van der Waals surface area contributed by atoms with E-state index in [4.69, 9.17) is 17.0 Å². The summed E-state index contributed by atoms with van der Waals surface area (Å²) >= 11 is 6.79. The average molecular weight is 554 g/mol. The van der Waals surface area contributed by atoms with Crippen LogP contribution in [0, 0.1) is 18.3 Å². The number of methoxy groups -OCH3 is 1. The molecule has 0 atom stereocenters. The fraction of sp³-hybridized carbons (Fsp3) is 0.407. The highest BCUT2D eigenvalue weighted by Crippen LogP contribution is 2.36. The zero-order valence-corrected chi connectivity index (χ0v) is 23.4. The molecular formula is C27H31N5O4S2. The molecule has 2 saturated heterocycles. The molecule has 3 heterocycles. The van der Waals surface area contributed by atoms with Crippen LogP contribution in [-0.4, -0.2) is 82.7 Å². The van der Waals surface area contributed by atoms with Crippen LogP contribution in [0.4, 0.5) is 5.82 Å². The van der Waals surface area contributed by atoms with Gasteiger partial charge in [0.15, 0.2) is 0 Å². The highest BCUT2D eigenvalue weighted by molar-refractivity contribution is 8.26. The largest absolute Gasteiger partial charge is 0.497 e. The molecule has 2 fully saturated rings. The molecule has 11 heteroatoms. The van der Waals surface area contributed by atoms with Crippen LogP contribution >= 0.6 is 24.0 Å². The van der Waals surface area contributed by atoms with Gasteiger partial charge in [-0.1, -0.05) is 36.1 Å². The van der Waals surface area contributed by atoms with Crippen molar-refractivity contribution in [1.29, 1.82) is 5.26 Å². The Morgan fingerprint density at radius 2 is 1.84 bits per heavy atom. The number of pyridine rings is 1. The Labute approximate surface area is 231 Å². The van der Waals surface area contributed by atoms with Gasteiger partial charge in [-0.3, -0.25) is 24.0 Å². The van der Waals surface area contributed by atoms with E-state index in [2.05, 4.69) is 9.80 Å². The molecule has 0 unspecified atom stereocenters. The molecule has 0 aliphatic carbocycles. The molecular weight excluding hydrogens is 522 g/mol. The van der Waals surface area contributed by atoms with Crippen LogP contribution in [0.5, 0.6) is 5.75 Å². The molecule has 38 heavy (non-hydrogen) atoms. The summed E-state index contributed by atoms with van der Waals surface area (Å²) in [5.41, 5.74) is 2.00. The Bertz CT molecular complexity index is 1360. The summed E-state index contributed by atoms with van der Waals surface area (Å²) in [5, 5.41) is 19.0. The van der Waals surface area contributed by atoms with E-state index in [1.165, 1.54) is 16.3 Å². The van der Waals surface area contributed by atoms with E-state index >= 15 is 0 Å². The molecule has 1 aromatic heterocycles. The summed E-state index contributed by atoms with van der Waals surface area (Å²) in [6, 6.07) is 9.76. The number of hydrogen-bond donors (Lipinski definition) is 1. The first-order valence-corrected chi connectivity index (χ1v) is 13.6. The van der Waals surface area contributed by atoms with Crippen LogP contribution in [0.25, 0.3) is 6.08 Å². The van der Waals surface area contributed by atoms with Gasteiger partial charge in [-0.05, 0) is 42.7 Å². The van der Waals surface area contributed by atoms with E-state index in [-0.39, 0.29) is 23.6 Å². The summed E-state index contributed by atoms with van der Waals surface area (Å²) in [6.45, 7) is 5.68. The van der Waals surface area contributed by atoms with Gasteiger partial charge in [0.05, 0.1) is 18.6 Å². The number of aromatic nitrogens is 1. The van der Waals surface area contributed by atoms with Crippen LogP contribution in [0.15, 0.2) is 34.0 Å². The van der Waals surface area contributed by atoms with E-state index in [1.807, 2.05) is 30.3 Å². The zero-order valence-electron chi connectivity index (χ0n) is 21.8. The van der Waals surface area contributed by atoms with Gasteiger partial charge in [-0.2, -0.15) is 5.26 Å². The number of piperazine rings is 1. The number of aliphatic hydroxyl groups is 1. The second-order valence-corrected chi connectivity index (χ2v) is 10.9. The fourth-order valence-electron chi connectivity index (χ4n) is 4.78. The number of nitriles is 1. The third-order valence-electron chi connectivity index (χ3n) is 6.99. The molecule has 0 bridgehead atoms. The number of thioether (sulfide) groups is 1. The number of β-amino-alcohol motifs (C(OH)–C–C–N with tert-alkyl or cyclic N) is 1. The molecule has 2 aliphatic rings. The fourth-order valence-corrected chi connectivity index (χ4v) is 6.07. The molecule has 0 spiro atoms. The molecule has 0 radical (unpaired) electrons. The Balaban J connectivity index is 1.64. The maximum Gasteiger partial charge on any atom is 0.270 e. The van der Waals surface area contributed by atoms with Gasteiger partial charge in [0.25, 0.3) is 11.5 Å². The molecule has 0 saturated carbocycles. The Kier molecular flexibility index (Phi) is 8.89. The SMILES string of the molecule is COc1ccc(CCN2C(=O)/C(=C/c3c(C)c(C#N)c(=O)n(C)c3N3CCN(CCO)CC3)SC2=S)cc1. The molecule has 2 aliphatic heterocycles. The number of nitrogens with zero attached hydrogens (tertiary/aromatic N) is 5. The number of aliphatic hydroxyl groups excluding tert-OH is 1. The Hall–Kier alpha value is -3.17. The number of ether oxygens (including phenoxy) is 1. The third kappa shape index (κ3) is 5.63. The molecule has 200 valence electrons. The maximum absolute atomic E-state index is 13.4. The molecule has 1 N–H and O–H groups in total. The van der Waals surface area contributed by atoms with Gasteiger partial charge in [0.1, 0.15) is 27.5 Å². The summed E-state index contributed by atoms with van der Waals surface area (Å²) in [6.07, 6.45) is 2.42. The summed E-state index contributed by atoms with van der Waals surface area (Å²) in [4.78, 5) is 32.8. The Morgan fingerprint density at radius 1 is 1.16 bits per heavy atom. The first-order valence-electron chi connectivity index (χ1n) is 12.4. The second kappa shape index (κ2) is 12.1. The number of carbonyl (C=O) groups excluding carboxylic acids is 1. The standard InChI is InChI=1S/C27H31N5O4S2/c1-18-21(24(29(2)25(34)22(18)17-28)31-12-10-30(11-13-31)14-15-33)16-23-26(35)32(27(37)38-23)9-8-19-4-6-20(36-3)7-5-19/h4-7,16,33H,8-15H2,1-3H3/b23-16-. The highest BCUT2D eigenvalue weighted by atomic mass is 32.2. The van der Waals surface area contributed by atoms with Crippen molar-refractivity contribution in [2.45, 2.75) is 13.3 Å². The zero-order chi connectivity index (χ0) is 27.4. The molecule has 1 amide bonds. The quantitative estimate of drug-likeness (QED) is 0.389. The highest BCUT2D eigenvalue weighted by Gasteiger charge is 2.33. The number of amides is 1. The van der Waals surface area contributed by atoms with Crippen molar-refractivity contribution < 1.29 is 14.6 Å². The molecule has 2 aromatic rings. The van der Waals surface area contributed by atoms with Crippen LogP contribution in [0.2, 0.25) is 0 Å². The van der Waals surface area contributed by atoms with Gasteiger partial charge in [-0.15, -0.1) is 0 Å². The summed E-state index contributed by atoms with van der Waals surface area (Å²) in [7, 11) is 3.28. The van der Waals surface area contributed by atoms with E-state index < -0.39 is 0 Å². The monoisotopic (exact) mass is 553 g/mol. The number of benzene rings is 1. The number of rotatable bonds is 8. The van der Waals surface area contributed by atoms with Crippen molar-refractivity contribution in [3.8, 4) is 11.8 Å². The van der Waals surface area contributed by atoms with Gasteiger partial charge in [0.2, 0.25) is 0 Å². The van der Waals surface area contributed by atoms with Gasteiger partial charge < -0.3 is 14.7 Å². The minimum absolute atomic E-state index is 0.0661. The smallest absolute Gasteiger partial charge is 0.270 e. The summed E-state index contributed by atoms with van der Waals surface area (Å²) < 4.78 is 7.20. The third-order valence-corrected chi connectivity index (χ3v) is 8.37. The average Bonchev–Trinajstić information content (AvgIpc) is 3.19. The topological polar surface area (TPSA) is 102 Å². The van der Waals surface area contributed by atoms with Crippen molar-refractivity contribution >= 4 is 46.1 Å². The predicted octanol–water partition coefficient (Wildman–Crippen LogP) is 2.13. The Morgan fingerprint density at radius 3 is 2.45 bits per heavy atom. The van der Waals surface area contributed by atoms with E-state index in [0.717, 1.165) is 24.4 Å². The van der Waals surface area contributed by atoms with E-state index in [9.17, 15) is 20.0 Å². The minimum atomic E-state index is -0.359. The number of carbonyl (C=O) groups is 1. The maximum atomic E-state index is 13.4. The van der Waals surface area contributed by atoms with Crippen molar-refractivity contribution in [3.05, 3.63) is 61.8 Å². The lowest BCUT2D eigenvalue weighted by Crippen LogP contribution is -2.49. The second-order valence-electron chi connectivity index (χ2n) is 9.20. The van der Waals surface area contributed by atoms with Crippen LogP contribution < -0.4 is 15.2 Å². The lowest BCUT2D eigenvalue weighted by Gasteiger charge is -2.37. The normalized spacial score (nSPS) is 17.4. The molecule has 1 aromatic carbocycles. The summed E-state index contributed by atoms with van der Waals surface area (Å²) in [5.74, 6) is 1.27. The predicted molar refractivity (Wildman–Crippen MR) is 153 cm³/mol. The lowest BCUT2D eigenvalue weighted by molar-refractivity contribution is -0.122. The van der Waals surface area contributed by atoms with Crippen LogP contribution in [0.3, 0.4) is 0 Å². The van der Waals surface area contributed by atoms with E-state index in [1.54, 1.807) is 32.1 Å². The van der Waals surface area contributed by atoms with Gasteiger partial charge in [0, 0.05) is 51.9 Å². The van der Waals surface area contributed by atoms with Gasteiger partial charge in [-0.25, -0.2) is 0 Å². The van der Waals surface area contributed by atoms with Crippen molar-refractivity contribution in [2.75, 3.05) is 57.9 Å². The van der Waals surface area contributed by atoms with Crippen molar-refractivity contribution in [2.24, 2.45) is 7.05 Å². The molecule has 4 rings (SSSR count). The number of anilines is 1. The van der Waals surface area contributed by atoms with Gasteiger partial charge >= 0.3 is 0 Å². The first-order chi connectivity index (χ1) is 18.3. The minimum Gasteiger partial charge on any atom is -0.497 e. The van der Waals surface area contributed by atoms with Crippen molar-refractivity contribution in [3.63, 3.8) is 0 Å². The number of thiocarbonyl (C=S) groups is 1. The number of hydrogen-bond acceptors (Lipinski definition) is 9. The van der Waals surface area contributed by atoms with E-state index in [0.29, 0.717) is 58.8 Å².